The number of rotatable bonds is 3. The Hall–Kier alpha value is -2.63. The number of carbonyl (C=O) groups excluding carboxylic acids is 2. The van der Waals surface area contributed by atoms with Crippen LogP contribution in [0.3, 0.4) is 0 Å². The van der Waals surface area contributed by atoms with Crippen molar-refractivity contribution in [3.05, 3.63) is 70.5 Å². The van der Waals surface area contributed by atoms with Gasteiger partial charge in [-0.3, -0.25) is 9.59 Å². The minimum absolute atomic E-state index is 0.254. The highest BCUT2D eigenvalue weighted by Gasteiger charge is 2.30. The van der Waals surface area contributed by atoms with Crippen molar-refractivity contribution in [2.45, 2.75) is 19.8 Å². The monoisotopic (exact) mass is 361 g/mol. The van der Waals surface area contributed by atoms with Gasteiger partial charge in [0.15, 0.2) is 5.78 Å². The van der Waals surface area contributed by atoms with E-state index in [0.717, 1.165) is 18.2 Å². The third-order valence-corrected chi connectivity index (χ3v) is 4.78. The smallest absolute Gasteiger partial charge is 0.254 e. The topological polar surface area (TPSA) is 37.4 Å². The Morgan fingerprint density at radius 3 is 2.15 bits per heavy atom. The van der Waals surface area contributed by atoms with E-state index in [2.05, 4.69) is 0 Å². The first kappa shape index (κ1) is 18.2. The van der Waals surface area contributed by atoms with Gasteiger partial charge >= 0.3 is 0 Å². The molecule has 0 aromatic heterocycles. The predicted octanol–water partition coefficient (Wildman–Crippen LogP) is 4.15. The van der Waals surface area contributed by atoms with Crippen LogP contribution in [0.4, 0.5) is 13.2 Å². The zero-order valence-electron chi connectivity index (χ0n) is 14.3. The van der Waals surface area contributed by atoms with Gasteiger partial charge in [-0.2, -0.15) is 0 Å². The number of likely N-dealkylation sites (tertiary alicyclic amines) is 1. The zero-order valence-corrected chi connectivity index (χ0v) is 14.3. The third-order valence-electron chi connectivity index (χ3n) is 4.78. The summed E-state index contributed by atoms with van der Waals surface area (Å²) in [7, 11) is 0. The summed E-state index contributed by atoms with van der Waals surface area (Å²) >= 11 is 0. The highest BCUT2D eigenvalue weighted by molar-refractivity contribution is 5.99. The van der Waals surface area contributed by atoms with Crippen LogP contribution < -0.4 is 0 Å². The molecular formula is C20H18F3NO2. The maximum atomic E-state index is 13.8. The van der Waals surface area contributed by atoms with Crippen molar-refractivity contribution in [2.75, 3.05) is 13.1 Å². The Kier molecular flexibility index (Phi) is 5.11. The molecule has 0 aliphatic carbocycles. The van der Waals surface area contributed by atoms with Crippen molar-refractivity contribution in [1.29, 1.82) is 0 Å². The second-order valence-electron chi connectivity index (χ2n) is 6.51. The fourth-order valence-corrected chi connectivity index (χ4v) is 3.25. The number of carbonyl (C=O) groups is 2. The van der Waals surface area contributed by atoms with Crippen LogP contribution in [0.1, 0.15) is 39.1 Å². The summed E-state index contributed by atoms with van der Waals surface area (Å²) in [5.74, 6) is -3.09. The van der Waals surface area contributed by atoms with Gasteiger partial charge in [0.1, 0.15) is 17.5 Å². The number of benzene rings is 2. The molecule has 2 aromatic carbocycles. The molecule has 1 aliphatic rings. The van der Waals surface area contributed by atoms with Gasteiger partial charge in [-0.15, -0.1) is 0 Å². The SMILES string of the molecule is Cc1ccc(F)cc1C(=O)N1CCC(C(=O)c2cc(F)ccc2F)CC1. The molecule has 1 aliphatic heterocycles. The van der Waals surface area contributed by atoms with E-state index in [1.807, 2.05) is 0 Å². The lowest BCUT2D eigenvalue weighted by Gasteiger charge is -2.31. The van der Waals surface area contributed by atoms with Crippen LogP contribution in [0, 0.1) is 30.3 Å². The first-order valence-corrected chi connectivity index (χ1v) is 8.41. The number of Topliss-reactive ketones (excluding diaryl/α,β-unsaturated/α-hetero) is 1. The van der Waals surface area contributed by atoms with Crippen LogP contribution in [0.25, 0.3) is 0 Å². The van der Waals surface area contributed by atoms with E-state index in [9.17, 15) is 22.8 Å². The maximum absolute atomic E-state index is 13.8. The molecule has 0 saturated carbocycles. The maximum Gasteiger partial charge on any atom is 0.254 e. The van der Waals surface area contributed by atoms with Crippen LogP contribution >= 0.6 is 0 Å². The average Bonchev–Trinajstić information content (AvgIpc) is 2.64. The van der Waals surface area contributed by atoms with E-state index in [1.165, 1.54) is 12.1 Å². The summed E-state index contributed by atoms with van der Waals surface area (Å²) in [6, 6.07) is 6.86. The summed E-state index contributed by atoms with van der Waals surface area (Å²) in [6.07, 6.45) is 0.712. The number of piperidine rings is 1. The number of halogens is 3. The molecule has 2 aromatic rings. The number of aryl methyl sites for hydroxylation is 1. The minimum Gasteiger partial charge on any atom is -0.339 e. The van der Waals surface area contributed by atoms with Crippen molar-refractivity contribution in [2.24, 2.45) is 5.92 Å². The van der Waals surface area contributed by atoms with Gasteiger partial charge in [0, 0.05) is 24.6 Å². The highest BCUT2D eigenvalue weighted by Crippen LogP contribution is 2.25. The van der Waals surface area contributed by atoms with Gasteiger partial charge in [0.05, 0.1) is 5.56 Å². The number of hydrogen-bond acceptors (Lipinski definition) is 2. The third kappa shape index (κ3) is 3.64. The summed E-state index contributed by atoms with van der Waals surface area (Å²) in [4.78, 5) is 26.6. The lowest BCUT2D eigenvalue weighted by molar-refractivity contribution is 0.0648. The number of hydrogen-bond donors (Lipinski definition) is 0. The Morgan fingerprint density at radius 2 is 1.50 bits per heavy atom. The van der Waals surface area contributed by atoms with E-state index < -0.39 is 29.2 Å². The second-order valence-corrected chi connectivity index (χ2v) is 6.51. The van der Waals surface area contributed by atoms with Crippen molar-refractivity contribution in [3.63, 3.8) is 0 Å². The molecule has 0 radical (unpaired) electrons. The van der Waals surface area contributed by atoms with Crippen LogP contribution in [0.15, 0.2) is 36.4 Å². The molecule has 0 bridgehead atoms. The molecule has 1 fully saturated rings. The summed E-state index contributed by atoms with van der Waals surface area (Å²) < 4.78 is 40.5. The molecule has 136 valence electrons. The van der Waals surface area contributed by atoms with Crippen molar-refractivity contribution in [3.8, 4) is 0 Å². The van der Waals surface area contributed by atoms with Gasteiger partial charge in [-0.05, 0) is 55.7 Å². The molecule has 0 unspecified atom stereocenters. The fraction of sp³-hybridized carbons (Fsp3) is 0.300. The second kappa shape index (κ2) is 7.32. The van der Waals surface area contributed by atoms with Crippen LogP contribution in [-0.2, 0) is 0 Å². The van der Waals surface area contributed by atoms with E-state index in [-0.39, 0.29) is 11.5 Å². The zero-order chi connectivity index (χ0) is 18.8. The van der Waals surface area contributed by atoms with Crippen LogP contribution in [-0.4, -0.2) is 29.7 Å². The lowest BCUT2D eigenvalue weighted by atomic mass is 9.88. The Bertz CT molecular complexity index is 787. The minimum atomic E-state index is -0.745. The fourth-order valence-electron chi connectivity index (χ4n) is 3.25. The average molecular weight is 361 g/mol. The molecule has 1 saturated heterocycles. The molecule has 3 nitrogen and oxygen atoms in total. The molecule has 1 heterocycles. The van der Waals surface area contributed by atoms with Crippen molar-refractivity contribution < 1.29 is 22.8 Å². The number of nitrogens with zero attached hydrogens (tertiary/aromatic N) is 1. The summed E-state index contributed by atoms with van der Waals surface area (Å²) in [5.41, 5.74) is 0.720. The molecular weight excluding hydrogens is 343 g/mol. The standard InChI is InChI=1S/C20H18F3NO2/c1-12-2-3-14(21)10-16(12)20(26)24-8-6-13(7-9-24)19(25)17-11-15(22)4-5-18(17)23/h2-5,10-11,13H,6-9H2,1H3. The van der Waals surface area contributed by atoms with E-state index >= 15 is 0 Å². The molecule has 0 N–H and O–H groups in total. The Labute approximate surface area is 149 Å². The van der Waals surface area contributed by atoms with Gasteiger partial charge in [0.25, 0.3) is 5.91 Å². The van der Waals surface area contributed by atoms with Crippen LogP contribution in [0.2, 0.25) is 0 Å². The lowest BCUT2D eigenvalue weighted by Crippen LogP contribution is -2.40. The summed E-state index contributed by atoms with van der Waals surface area (Å²) in [6.45, 7) is 2.35. The van der Waals surface area contributed by atoms with Gasteiger partial charge in [-0.1, -0.05) is 6.07 Å². The molecule has 1 amide bonds. The predicted molar refractivity (Wildman–Crippen MR) is 90.5 cm³/mol. The first-order valence-electron chi connectivity index (χ1n) is 8.41. The highest BCUT2D eigenvalue weighted by atomic mass is 19.1. The Morgan fingerprint density at radius 1 is 0.923 bits per heavy atom. The van der Waals surface area contributed by atoms with E-state index in [0.29, 0.717) is 37.1 Å². The summed E-state index contributed by atoms with van der Waals surface area (Å²) in [5, 5.41) is 0. The molecule has 0 atom stereocenters. The van der Waals surface area contributed by atoms with Gasteiger partial charge in [-0.25, -0.2) is 13.2 Å². The van der Waals surface area contributed by atoms with E-state index in [1.54, 1.807) is 17.9 Å². The van der Waals surface area contributed by atoms with Gasteiger partial charge < -0.3 is 4.90 Å². The van der Waals surface area contributed by atoms with Crippen molar-refractivity contribution in [1.82, 2.24) is 4.90 Å². The van der Waals surface area contributed by atoms with Crippen LogP contribution in [0.5, 0.6) is 0 Å². The van der Waals surface area contributed by atoms with E-state index in [4.69, 9.17) is 0 Å². The van der Waals surface area contributed by atoms with Crippen molar-refractivity contribution >= 4 is 11.7 Å². The van der Waals surface area contributed by atoms with Gasteiger partial charge in [0.2, 0.25) is 0 Å². The quantitative estimate of drug-likeness (QED) is 0.771. The molecule has 26 heavy (non-hydrogen) atoms. The normalized spacial score (nSPS) is 15.2. The Balaban J connectivity index is 1.69. The first-order chi connectivity index (χ1) is 12.4. The number of amides is 1. The number of ketones is 1. The molecule has 3 rings (SSSR count). The molecule has 6 heteroatoms. The molecule has 0 spiro atoms. The largest absolute Gasteiger partial charge is 0.339 e.